The molecular formula is C12H12N2O4S. The predicted octanol–water partition coefficient (Wildman–Crippen LogP) is 0.502. The van der Waals surface area contributed by atoms with Gasteiger partial charge in [0.25, 0.3) is 10.1 Å². The predicted molar refractivity (Wildman–Crippen MR) is 70.0 cm³/mol. The highest BCUT2D eigenvalue weighted by Crippen LogP contribution is 2.32. The summed E-state index contributed by atoms with van der Waals surface area (Å²) in [5.74, 6) is 1.89. The van der Waals surface area contributed by atoms with E-state index in [1.807, 2.05) is 0 Å². The summed E-state index contributed by atoms with van der Waals surface area (Å²) >= 11 is 0. The van der Waals surface area contributed by atoms with Gasteiger partial charge in [-0.15, -0.1) is 12.3 Å². The molecule has 1 aromatic carbocycles. The molecule has 2 rings (SSSR count). The molecule has 1 aliphatic rings. The van der Waals surface area contributed by atoms with Crippen LogP contribution in [0.25, 0.3) is 0 Å². The molecule has 6 nitrogen and oxygen atoms in total. The van der Waals surface area contributed by atoms with Crippen molar-refractivity contribution in [2.45, 2.75) is 11.3 Å². The normalized spacial score (nSPS) is 19.5. The number of nitrogen functional groups attached to an aromatic ring is 1. The zero-order valence-electron chi connectivity index (χ0n) is 9.91. The van der Waals surface area contributed by atoms with Gasteiger partial charge in [0, 0.05) is 24.6 Å². The maximum Gasteiger partial charge on any atom is 0.296 e. The number of amides is 1. The van der Waals surface area contributed by atoms with Gasteiger partial charge in [0.05, 0.1) is 5.69 Å². The van der Waals surface area contributed by atoms with Gasteiger partial charge < -0.3 is 10.6 Å². The average Bonchev–Trinajstić information content (AvgIpc) is 2.68. The topological polar surface area (TPSA) is 101 Å². The van der Waals surface area contributed by atoms with Gasteiger partial charge in [-0.05, 0) is 18.2 Å². The first-order valence-electron chi connectivity index (χ1n) is 5.46. The standard InChI is InChI=1S/C12H12N2O4S/c1-2-8-5-12(15)14(7-8)10-6-9(13)3-4-11(10)19(16,17)18/h1,3-4,6,8H,5,7,13H2,(H,16,17,18). The fourth-order valence-corrected chi connectivity index (χ4v) is 2.69. The molecule has 19 heavy (non-hydrogen) atoms. The molecule has 1 unspecified atom stereocenters. The van der Waals surface area contributed by atoms with Crippen LogP contribution in [0.3, 0.4) is 0 Å². The van der Waals surface area contributed by atoms with E-state index >= 15 is 0 Å². The molecule has 0 radical (unpaired) electrons. The number of anilines is 2. The second kappa shape index (κ2) is 4.57. The van der Waals surface area contributed by atoms with Crippen molar-refractivity contribution in [1.82, 2.24) is 0 Å². The molecule has 0 saturated carbocycles. The molecule has 1 aromatic rings. The molecule has 7 heteroatoms. The smallest absolute Gasteiger partial charge is 0.296 e. The van der Waals surface area contributed by atoms with Crippen molar-refractivity contribution >= 4 is 27.4 Å². The van der Waals surface area contributed by atoms with Gasteiger partial charge in [0.15, 0.2) is 0 Å². The largest absolute Gasteiger partial charge is 0.399 e. The lowest BCUT2D eigenvalue weighted by atomic mass is 10.1. The van der Waals surface area contributed by atoms with Crippen LogP contribution in [0.15, 0.2) is 23.1 Å². The van der Waals surface area contributed by atoms with Crippen LogP contribution in [-0.2, 0) is 14.9 Å². The molecule has 1 fully saturated rings. The second-order valence-corrected chi connectivity index (χ2v) is 5.66. The number of hydrogen-bond acceptors (Lipinski definition) is 4. The third-order valence-electron chi connectivity index (χ3n) is 2.91. The van der Waals surface area contributed by atoms with E-state index < -0.39 is 10.1 Å². The van der Waals surface area contributed by atoms with Gasteiger partial charge in [-0.25, -0.2) is 0 Å². The van der Waals surface area contributed by atoms with Crippen LogP contribution in [-0.4, -0.2) is 25.4 Å². The molecule has 0 bridgehead atoms. The Morgan fingerprint density at radius 2 is 2.16 bits per heavy atom. The molecule has 1 atom stereocenters. The number of carbonyl (C=O) groups excluding carboxylic acids is 1. The van der Waals surface area contributed by atoms with Gasteiger partial charge in [-0.2, -0.15) is 8.42 Å². The first-order valence-corrected chi connectivity index (χ1v) is 6.90. The zero-order chi connectivity index (χ0) is 14.2. The number of terminal acetylenes is 1. The van der Waals surface area contributed by atoms with Gasteiger partial charge in [0.1, 0.15) is 4.90 Å². The number of nitrogens with two attached hydrogens (primary N) is 1. The fourth-order valence-electron chi connectivity index (χ4n) is 2.02. The van der Waals surface area contributed by atoms with E-state index in [2.05, 4.69) is 5.92 Å². The van der Waals surface area contributed by atoms with E-state index in [9.17, 15) is 17.8 Å². The lowest BCUT2D eigenvalue weighted by molar-refractivity contribution is -0.117. The van der Waals surface area contributed by atoms with E-state index in [4.69, 9.17) is 12.2 Å². The summed E-state index contributed by atoms with van der Waals surface area (Å²) in [5.41, 5.74) is 5.95. The van der Waals surface area contributed by atoms with Crippen molar-refractivity contribution in [3.8, 4) is 12.3 Å². The van der Waals surface area contributed by atoms with Crippen molar-refractivity contribution in [3.05, 3.63) is 18.2 Å². The molecule has 1 heterocycles. The molecule has 1 saturated heterocycles. The van der Waals surface area contributed by atoms with Crippen molar-refractivity contribution in [1.29, 1.82) is 0 Å². The minimum atomic E-state index is -4.44. The lowest BCUT2D eigenvalue weighted by Gasteiger charge is -2.19. The zero-order valence-corrected chi connectivity index (χ0v) is 10.7. The molecule has 1 amide bonds. The molecular weight excluding hydrogens is 268 g/mol. The Morgan fingerprint density at radius 3 is 2.68 bits per heavy atom. The molecule has 1 aliphatic heterocycles. The van der Waals surface area contributed by atoms with Crippen LogP contribution in [0, 0.1) is 18.3 Å². The Labute approximate surface area is 111 Å². The highest BCUT2D eigenvalue weighted by atomic mass is 32.2. The molecule has 0 spiro atoms. The number of nitrogens with zero attached hydrogens (tertiary/aromatic N) is 1. The number of benzene rings is 1. The van der Waals surface area contributed by atoms with Gasteiger partial charge >= 0.3 is 0 Å². The van der Waals surface area contributed by atoms with Crippen LogP contribution in [0.4, 0.5) is 11.4 Å². The summed E-state index contributed by atoms with van der Waals surface area (Å²) in [7, 11) is -4.44. The Kier molecular flexibility index (Phi) is 3.22. The maximum atomic E-state index is 11.8. The van der Waals surface area contributed by atoms with E-state index in [1.54, 1.807) is 0 Å². The summed E-state index contributed by atoms with van der Waals surface area (Å²) in [4.78, 5) is 12.7. The quantitative estimate of drug-likeness (QED) is 0.467. The first-order chi connectivity index (χ1) is 8.82. The average molecular weight is 280 g/mol. The number of carbonyl (C=O) groups is 1. The minimum absolute atomic E-state index is 0.0604. The summed E-state index contributed by atoms with van der Waals surface area (Å²) in [6, 6.07) is 3.84. The lowest BCUT2D eigenvalue weighted by Crippen LogP contribution is -2.26. The SMILES string of the molecule is C#CC1CC(=O)N(c2cc(N)ccc2S(=O)(=O)O)C1. The van der Waals surface area contributed by atoms with Crippen LogP contribution in [0.1, 0.15) is 6.42 Å². The first kappa shape index (κ1) is 13.4. The second-order valence-electron chi connectivity index (χ2n) is 4.27. The van der Waals surface area contributed by atoms with Crippen molar-refractivity contribution in [2.75, 3.05) is 17.2 Å². The minimum Gasteiger partial charge on any atom is -0.399 e. The summed E-state index contributed by atoms with van der Waals surface area (Å²) in [6.07, 6.45) is 5.42. The van der Waals surface area contributed by atoms with E-state index in [0.29, 0.717) is 5.69 Å². The van der Waals surface area contributed by atoms with E-state index in [0.717, 1.165) is 6.07 Å². The fraction of sp³-hybridized carbons (Fsp3) is 0.250. The van der Waals surface area contributed by atoms with Crippen LogP contribution >= 0.6 is 0 Å². The number of rotatable bonds is 2. The summed E-state index contributed by atoms with van der Waals surface area (Å²) in [6.45, 7) is 0.210. The van der Waals surface area contributed by atoms with E-state index in [-0.39, 0.29) is 35.4 Å². The van der Waals surface area contributed by atoms with Crippen LogP contribution < -0.4 is 10.6 Å². The highest BCUT2D eigenvalue weighted by molar-refractivity contribution is 7.86. The Balaban J connectivity index is 2.54. The Hall–Kier alpha value is -2.04. The van der Waals surface area contributed by atoms with Crippen molar-refractivity contribution in [3.63, 3.8) is 0 Å². The van der Waals surface area contributed by atoms with Crippen molar-refractivity contribution < 1.29 is 17.8 Å². The van der Waals surface area contributed by atoms with Crippen molar-refractivity contribution in [2.24, 2.45) is 5.92 Å². The van der Waals surface area contributed by atoms with Crippen LogP contribution in [0.2, 0.25) is 0 Å². The third kappa shape index (κ3) is 2.54. The molecule has 100 valence electrons. The van der Waals surface area contributed by atoms with E-state index in [1.165, 1.54) is 17.0 Å². The highest BCUT2D eigenvalue weighted by Gasteiger charge is 2.32. The molecule has 0 aliphatic carbocycles. The Morgan fingerprint density at radius 1 is 1.47 bits per heavy atom. The monoisotopic (exact) mass is 280 g/mol. The van der Waals surface area contributed by atoms with Gasteiger partial charge in [0.2, 0.25) is 5.91 Å². The van der Waals surface area contributed by atoms with Gasteiger partial charge in [-0.3, -0.25) is 9.35 Å². The third-order valence-corrected chi connectivity index (χ3v) is 3.81. The molecule has 0 aromatic heterocycles. The number of hydrogen-bond donors (Lipinski definition) is 2. The maximum absolute atomic E-state index is 11.8. The summed E-state index contributed by atoms with van der Waals surface area (Å²) < 4.78 is 31.8. The molecule has 3 N–H and O–H groups in total. The van der Waals surface area contributed by atoms with Gasteiger partial charge in [-0.1, -0.05) is 0 Å². The van der Waals surface area contributed by atoms with Crippen LogP contribution in [0.5, 0.6) is 0 Å². The Bertz CT molecular complexity index is 675. The summed E-state index contributed by atoms with van der Waals surface area (Å²) in [5, 5.41) is 0.